The van der Waals surface area contributed by atoms with Gasteiger partial charge in [0.2, 0.25) is 0 Å². The second kappa shape index (κ2) is 12.6. The average Bonchev–Trinajstić information content (AvgIpc) is 3.20. The standard InChI is InChI=1S/C28H30F6N3O2PS/c1-37-13-11-21(20(29)16-37)36-23-7-4-6-18-19(15-28(32,33)34)25(41-26(18)23)8-5-12-35-22-10-9-17(40(2,3)38)14-24(22)39-27(30)31/h4,6-7,9-10,14,20-21,27,35-36H,11-13,15-16H2,1-3H3/t20-,21?/m1/s1. The van der Waals surface area contributed by atoms with Crippen LogP contribution in [-0.4, -0.2) is 69.9 Å². The minimum atomic E-state index is -4.48. The molecule has 2 heterocycles. The van der Waals surface area contributed by atoms with Crippen molar-refractivity contribution in [1.29, 1.82) is 0 Å². The Labute approximate surface area is 238 Å². The molecule has 222 valence electrons. The molecule has 4 rings (SSSR count). The molecule has 1 aromatic heterocycles. The molecule has 41 heavy (non-hydrogen) atoms. The number of nitrogens with zero attached hydrogens (tertiary/aromatic N) is 1. The lowest BCUT2D eigenvalue weighted by atomic mass is 10.0. The number of rotatable bonds is 8. The Hall–Kier alpha value is -2.87. The Bertz CT molecular complexity index is 1490. The zero-order chi connectivity index (χ0) is 29.9. The first-order valence-electron chi connectivity index (χ1n) is 12.8. The van der Waals surface area contributed by atoms with E-state index in [2.05, 4.69) is 27.2 Å². The number of nitrogens with one attached hydrogen (secondary N) is 2. The van der Waals surface area contributed by atoms with E-state index in [0.29, 0.717) is 34.0 Å². The fraction of sp³-hybridized carbons (Fsp3) is 0.429. The molecule has 3 aromatic rings. The smallest absolute Gasteiger partial charge is 0.393 e. The predicted octanol–water partition coefficient (Wildman–Crippen LogP) is 6.77. The van der Waals surface area contributed by atoms with Gasteiger partial charge in [-0.3, -0.25) is 0 Å². The molecule has 0 bridgehead atoms. The van der Waals surface area contributed by atoms with Gasteiger partial charge >= 0.3 is 12.8 Å². The van der Waals surface area contributed by atoms with Gasteiger partial charge in [-0.15, -0.1) is 11.3 Å². The van der Waals surface area contributed by atoms with Gasteiger partial charge in [0.15, 0.2) is 0 Å². The van der Waals surface area contributed by atoms with E-state index in [1.807, 2.05) is 11.9 Å². The lowest BCUT2D eigenvalue weighted by Crippen LogP contribution is -2.46. The molecule has 5 nitrogen and oxygen atoms in total. The number of thiophene rings is 1. The highest BCUT2D eigenvalue weighted by atomic mass is 32.1. The molecule has 2 atom stereocenters. The molecule has 2 N–H and O–H groups in total. The van der Waals surface area contributed by atoms with Gasteiger partial charge in [-0.1, -0.05) is 24.0 Å². The van der Waals surface area contributed by atoms with Gasteiger partial charge in [-0.2, -0.15) is 22.0 Å². The van der Waals surface area contributed by atoms with Crippen LogP contribution in [0.25, 0.3) is 10.1 Å². The molecule has 0 radical (unpaired) electrons. The average molecular weight is 618 g/mol. The van der Waals surface area contributed by atoms with E-state index in [-0.39, 0.29) is 35.0 Å². The Balaban J connectivity index is 1.61. The minimum absolute atomic E-state index is 0.0292. The van der Waals surface area contributed by atoms with E-state index in [1.54, 1.807) is 18.2 Å². The number of hydrogen-bond donors (Lipinski definition) is 2. The molecule has 1 fully saturated rings. The SMILES string of the molecule is CN1CCC(Nc2cccc3c(CC(F)(F)F)c(C#CCNc4ccc(P(C)(C)=O)cc4OC(F)F)sc23)[C@H](F)C1. The summed E-state index contributed by atoms with van der Waals surface area (Å²) in [6.07, 6.45) is -6.24. The molecule has 1 aliphatic heterocycles. The first-order valence-corrected chi connectivity index (χ1v) is 16.2. The van der Waals surface area contributed by atoms with Crippen LogP contribution in [0.15, 0.2) is 36.4 Å². The maximum Gasteiger partial charge on any atom is 0.393 e. The van der Waals surface area contributed by atoms with Crippen LogP contribution in [0.5, 0.6) is 5.75 Å². The number of ether oxygens (including phenoxy) is 1. The number of fused-ring (bicyclic) bond motifs is 1. The maximum absolute atomic E-state index is 14.7. The van der Waals surface area contributed by atoms with Gasteiger partial charge in [0.05, 0.1) is 40.0 Å². The van der Waals surface area contributed by atoms with E-state index in [0.717, 1.165) is 11.3 Å². The first-order chi connectivity index (χ1) is 19.2. The Morgan fingerprint density at radius 3 is 2.61 bits per heavy atom. The van der Waals surface area contributed by atoms with Crippen molar-refractivity contribution in [1.82, 2.24) is 4.90 Å². The topological polar surface area (TPSA) is 53.6 Å². The Morgan fingerprint density at radius 1 is 1.20 bits per heavy atom. The second-order valence-corrected chi connectivity index (χ2v) is 14.5. The van der Waals surface area contributed by atoms with Crippen molar-refractivity contribution in [3.8, 4) is 17.6 Å². The minimum Gasteiger partial charge on any atom is -0.433 e. The highest BCUT2D eigenvalue weighted by Crippen LogP contribution is 2.40. The highest BCUT2D eigenvalue weighted by Gasteiger charge is 2.32. The molecular formula is C28H30F6N3O2PS. The molecule has 13 heteroatoms. The summed E-state index contributed by atoms with van der Waals surface area (Å²) in [4.78, 5) is 2.10. The van der Waals surface area contributed by atoms with E-state index < -0.39 is 38.6 Å². The zero-order valence-corrected chi connectivity index (χ0v) is 24.3. The molecule has 1 unspecified atom stereocenters. The normalized spacial score (nSPS) is 18.3. The van der Waals surface area contributed by atoms with Crippen molar-refractivity contribution >= 4 is 45.2 Å². The predicted molar refractivity (Wildman–Crippen MR) is 154 cm³/mol. The van der Waals surface area contributed by atoms with Crippen molar-refractivity contribution in [2.24, 2.45) is 0 Å². The summed E-state index contributed by atoms with van der Waals surface area (Å²) in [7, 11) is -0.904. The Morgan fingerprint density at radius 2 is 1.95 bits per heavy atom. The molecule has 0 aliphatic carbocycles. The summed E-state index contributed by atoms with van der Waals surface area (Å²) < 4.78 is 98.7. The van der Waals surface area contributed by atoms with Crippen molar-refractivity contribution < 1.29 is 35.6 Å². The highest BCUT2D eigenvalue weighted by molar-refractivity contribution is 7.70. The summed E-state index contributed by atoms with van der Waals surface area (Å²) in [5.74, 6) is 5.36. The molecule has 0 saturated carbocycles. The van der Waals surface area contributed by atoms with Crippen molar-refractivity contribution in [3.63, 3.8) is 0 Å². The lowest BCUT2D eigenvalue weighted by Gasteiger charge is -2.33. The summed E-state index contributed by atoms with van der Waals surface area (Å²) in [5, 5.41) is 6.79. The number of anilines is 2. The third-order valence-corrected chi connectivity index (χ3v) is 9.37. The van der Waals surface area contributed by atoms with Crippen molar-refractivity contribution in [3.05, 3.63) is 46.8 Å². The largest absolute Gasteiger partial charge is 0.433 e. The lowest BCUT2D eigenvalue weighted by molar-refractivity contribution is -0.126. The van der Waals surface area contributed by atoms with Crippen LogP contribution >= 0.6 is 18.5 Å². The van der Waals surface area contributed by atoms with Gasteiger partial charge in [-0.05, 0) is 62.0 Å². The molecule has 1 aliphatic rings. The number of halogens is 6. The quantitative estimate of drug-likeness (QED) is 0.166. The third kappa shape index (κ3) is 8.12. The van der Waals surface area contributed by atoms with Crippen molar-refractivity contribution in [2.75, 3.05) is 50.6 Å². The van der Waals surface area contributed by atoms with Gasteiger partial charge in [-0.25, -0.2) is 4.39 Å². The molecule has 1 saturated heterocycles. The van der Waals surface area contributed by atoms with Gasteiger partial charge < -0.3 is 24.8 Å². The van der Waals surface area contributed by atoms with Crippen LogP contribution < -0.4 is 20.7 Å². The summed E-state index contributed by atoms with van der Waals surface area (Å²) in [6, 6.07) is 8.74. The summed E-state index contributed by atoms with van der Waals surface area (Å²) >= 11 is 1.09. The van der Waals surface area contributed by atoms with Crippen molar-refractivity contribution in [2.45, 2.75) is 37.8 Å². The Kier molecular flexibility index (Phi) is 9.52. The fourth-order valence-electron chi connectivity index (χ4n) is 4.63. The number of likely N-dealkylation sites (tertiary alicyclic amines) is 1. The van der Waals surface area contributed by atoms with Crippen LogP contribution in [-0.2, 0) is 11.0 Å². The second-order valence-electron chi connectivity index (χ2n) is 10.3. The van der Waals surface area contributed by atoms with E-state index >= 15 is 0 Å². The molecular weight excluding hydrogens is 587 g/mol. The summed E-state index contributed by atoms with van der Waals surface area (Å²) in [6.45, 7) is 0.772. The van der Waals surface area contributed by atoms with E-state index in [4.69, 9.17) is 0 Å². The number of benzene rings is 2. The van der Waals surface area contributed by atoms with Gasteiger partial charge in [0.1, 0.15) is 19.1 Å². The van der Waals surface area contributed by atoms with E-state index in [9.17, 15) is 30.9 Å². The summed E-state index contributed by atoms with van der Waals surface area (Å²) in [5.41, 5.74) is 0.757. The van der Waals surface area contributed by atoms with Crippen LogP contribution in [0.4, 0.5) is 37.7 Å². The van der Waals surface area contributed by atoms with Crippen LogP contribution in [0.2, 0.25) is 0 Å². The maximum atomic E-state index is 14.7. The third-order valence-electron chi connectivity index (χ3n) is 6.65. The van der Waals surface area contributed by atoms with Crippen LogP contribution in [0.1, 0.15) is 16.9 Å². The number of piperidine rings is 1. The first kappa shape index (κ1) is 31.1. The molecule has 0 spiro atoms. The van der Waals surface area contributed by atoms with Crippen LogP contribution in [0, 0.1) is 11.8 Å². The number of alkyl halides is 6. The molecule has 0 amide bonds. The zero-order valence-electron chi connectivity index (χ0n) is 22.6. The molecule has 2 aromatic carbocycles. The van der Waals surface area contributed by atoms with Gasteiger partial charge in [0, 0.05) is 18.4 Å². The fourth-order valence-corrected chi connectivity index (χ4v) is 6.66. The number of hydrogen-bond acceptors (Lipinski definition) is 6. The van der Waals surface area contributed by atoms with E-state index in [1.165, 1.54) is 31.5 Å². The van der Waals surface area contributed by atoms with Gasteiger partial charge in [0.25, 0.3) is 0 Å². The monoisotopic (exact) mass is 617 g/mol. The van der Waals surface area contributed by atoms with Crippen LogP contribution in [0.3, 0.4) is 0 Å².